The van der Waals surface area contributed by atoms with Crippen LogP contribution in [0, 0.1) is 0 Å². The fourth-order valence-corrected chi connectivity index (χ4v) is 3.82. The zero-order chi connectivity index (χ0) is 17.8. The predicted molar refractivity (Wildman–Crippen MR) is 102 cm³/mol. The van der Waals surface area contributed by atoms with Crippen molar-refractivity contribution in [1.29, 1.82) is 0 Å². The van der Waals surface area contributed by atoms with Crippen LogP contribution in [0.15, 0.2) is 14.6 Å². The summed E-state index contributed by atoms with van der Waals surface area (Å²) in [6, 6.07) is 0. The minimum atomic E-state index is -0.451. The first kappa shape index (κ1) is 17.6. The molecule has 2 heterocycles. The number of aryl methyl sites for hydroxylation is 2. The number of aliphatic imine (C=N–C) groups is 1. The molecule has 7 nitrogen and oxygen atoms in total. The van der Waals surface area contributed by atoms with Crippen LogP contribution in [-0.2, 0) is 19.9 Å². The Morgan fingerprint density at radius 1 is 1.36 bits per heavy atom. The number of anilines is 1. The molecule has 0 bridgehead atoms. The van der Waals surface area contributed by atoms with Crippen LogP contribution < -0.4 is 16.6 Å². The van der Waals surface area contributed by atoms with E-state index < -0.39 is 11.2 Å². The molecule has 2 N–H and O–H groups in total. The second-order valence-electron chi connectivity index (χ2n) is 6.19. The number of nitrogens with one attached hydrogen (secondary N) is 2. The Morgan fingerprint density at radius 2 is 2.16 bits per heavy atom. The van der Waals surface area contributed by atoms with E-state index in [9.17, 15) is 9.59 Å². The third-order valence-electron chi connectivity index (χ3n) is 4.28. The van der Waals surface area contributed by atoms with E-state index in [0.29, 0.717) is 12.4 Å². The molecule has 0 unspecified atom stereocenters. The van der Waals surface area contributed by atoms with Gasteiger partial charge in [0.2, 0.25) is 0 Å². The van der Waals surface area contributed by atoms with Gasteiger partial charge < -0.3 is 5.32 Å². The number of nitrogens with zero attached hydrogens (tertiary/aromatic N) is 3. The van der Waals surface area contributed by atoms with Crippen molar-refractivity contribution in [3.05, 3.63) is 36.4 Å². The first-order valence-corrected chi connectivity index (χ1v) is 9.51. The third-order valence-corrected chi connectivity index (χ3v) is 5.37. The molecule has 0 amide bonds. The number of aromatic amines is 1. The third kappa shape index (κ3) is 3.89. The van der Waals surface area contributed by atoms with Crippen molar-refractivity contribution in [2.45, 2.75) is 45.4 Å². The predicted octanol–water partition coefficient (Wildman–Crippen LogP) is 2.37. The molecule has 0 aliphatic heterocycles. The lowest BCUT2D eigenvalue weighted by atomic mass is 10.0. The monoisotopic (exact) mass is 361 g/mol. The topological polar surface area (TPSA) is 92.1 Å². The second kappa shape index (κ2) is 7.77. The minimum absolute atomic E-state index is 0.214. The van der Waals surface area contributed by atoms with Gasteiger partial charge in [0, 0.05) is 18.5 Å². The molecule has 0 saturated carbocycles. The lowest BCUT2D eigenvalue weighted by Gasteiger charge is -2.08. The number of hydrogen-bond donors (Lipinski definition) is 2. The average molecular weight is 361 g/mol. The van der Waals surface area contributed by atoms with Crippen molar-refractivity contribution >= 4 is 29.1 Å². The maximum absolute atomic E-state index is 12.4. The molecule has 2 aromatic rings. The van der Waals surface area contributed by atoms with E-state index in [1.54, 1.807) is 17.6 Å². The van der Waals surface area contributed by atoms with Gasteiger partial charge >= 0.3 is 5.69 Å². The number of fused-ring (bicyclic) bond motifs is 1. The Bertz CT molecular complexity index is 870. The van der Waals surface area contributed by atoms with Crippen LogP contribution in [0.3, 0.4) is 0 Å². The molecule has 134 valence electrons. The lowest BCUT2D eigenvalue weighted by Crippen LogP contribution is -2.33. The summed E-state index contributed by atoms with van der Waals surface area (Å²) >= 11 is 1.63. The summed E-state index contributed by atoms with van der Waals surface area (Å²) in [4.78, 5) is 37.3. The summed E-state index contributed by atoms with van der Waals surface area (Å²) in [6.45, 7) is 2.76. The first-order chi connectivity index (χ1) is 12.1. The maximum Gasteiger partial charge on any atom is 0.329 e. The highest BCUT2D eigenvalue weighted by atomic mass is 32.1. The number of rotatable bonds is 6. The zero-order valence-corrected chi connectivity index (χ0v) is 15.4. The van der Waals surface area contributed by atoms with Gasteiger partial charge in [-0.05, 0) is 32.1 Å². The molecular formula is C17H23N5O2S. The SMILES string of the molecule is CCCCNc1[nH]c(=O)n(C)c(=O)c1N=Cc1nc2c(s1)CCCC2. The van der Waals surface area contributed by atoms with Crippen molar-refractivity contribution in [1.82, 2.24) is 14.5 Å². The van der Waals surface area contributed by atoms with Crippen LogP contribution in [0.5, 0.6) is 0 Å². The highest BCUT2D eigenvalue weighted by Gasteiger charge is 2.15. The molecule has 0 radical (unpaired) electrons. The Balaban J connectivity index is 1.92. The Kier molecular flexibility index (Phi) is 5.47. The quantitative estimate of drug-likeness (QED) is 0.610. The molecule has 8 heteroatoms. The molecule has 25 heavy (non-hydrogen) atoms. The van der Waals surface area contributed by atoms with Gasteiger partial charge in [-0.15, -0.1) is 11.3 Å². The van der Waals surface area contributed by atoms with Gasteiger partial charge in [-0.25, -0.2) is 14.8 Å². The van der Waals surface area contributed by atoms with Gasteiger partial charge in [0.05, 0.1) is 11.9 Å². The minimum Gasteiger partial charge on any atom is -0.370 e. The summed E-state index contributed by atoms with van der Waals surface area (Å²) in [5, 5.41) is 3.91. The van der Waals surface area contributed by atoms with E-state index in [1.807, 2.05) is 0 Å². The number of unbranched alkanes of at least 4 members (excludes halogenated alkanes) is 1. The van der Waals surface area contributed by atoms with E-state index in [0.717, 1.165) is 41.0 Å². The molecule has 1 aliphatic carbocycles. The van der Waals surface area contributed by atoms with Crippen molar-refractivity contribution in [2.75, 3.05) is 11.9 Å². The van der Waals surface area contributed by atoms with Gasteiger partial charge in [-0.2, -0.15) is 0 Å². The highest BCUT2D eigenvalue weighted by Crippen LogP contribution is 2.26. The summed E-state index contributed by atoms with van der Waals surface area (Å²) in [7, 11) is 1.44. The zero-order valence-electron chi connectivity index (χ0n) is 14.6. The van der Waals surface area contributed by atoms with Gasteiger partial charge in [-0.1, -0.05) is 13.3 Å². The Morgan fingerprint density at radius 3 is 2.92 bits per heavy atom. The molecule has 0 saturated heterocycles. The molecule has 1 aliphatic rings. The van der Waals surface area contributed by atoms with E-state index in [2.05, 4.69) is 27.2 Å². The van der Waals surface area contributed by atoms with Crippen LogP contribution in [-0.4, -0.2) is 27.3 Å². The molecule has 0 aromatic carbocycles. The molecule has 3 rings (SSSR count). The second-order valence-corrected chi connectivity index (χ2v) is 7.30. The highest BCUT2D eigenvalue weighted by molar-refractivity contribution is 7.13. The molecule has 2 aromatic heterocycles. The summed E-state index contributed by atoms with van der Waals surface area (Å²) < 4.78 is 1.03. The van der Waals surface area contributed by atoms with Gasteiger partial charge in [-0.3, -0.25) is 14.3 Å². The normalized spacial score (nSPS) is 14.0. The van der Waals surface area contributed by atoms with Crippen LogP contribution in [0.1, 0.15) is 48.2 Å². The maximum atomic E-state index is 12.4. The number of hydrogen-bond acceptors (Lipinski definition) is 6. The number of H-pyrrole nitrogens is 1. The Labute approximate surface area is 149 Å². The van der Waals surface area contributed by atoms with Crippen molar-refractivity contribution < 1.29 is 0 Å². The summed E-state index contributed by atoms with van der Waals surface area (Å²) in [6.07, 6.45) is 8.07. The Hall–Kier alpha value is -2.22. The lowest BCUT2D eigenvalue weighted by molar-refractivity contribution is 0.682. The van der Waals surface area contributed by atoms with Crippen LogP contribution in [0.4, 0.5) is 11.5 Å². The fourth-order valence-electron chi connectivity index (χ4n) is 2.79. The smallest absolute Gasteiger partial charge is 0.329 e. The van der Waals surface area contributed by atoms with E-state index in [4.69, 9.17) is 0 Å². The van der Waals surface area contributed by atoms with Crippen LogP contribution in [0.25, 0.3) is 0 Å². The van der Waals surface area contributed by atoms with Gasteiger partial charge in [0.25, 0.3) is 5.56 Å². The van der Waals surface area contributed by atoms with Crippen molar-refractivity contribution in [3.8, 4) is 0 Å². The van der Waals surface area contributed by atoms with Crippen LogP contribution >= 0.6 is 11.3 Å². The van der Waals surface area contributed by atoms with E-state index in [1.165, 1.54) is 24.8 Å². The standard InChI is InChI=1S/C17H23N5O2S/c1-3-4-9-18-15-14(16(23)22(2)17(24)21-15)19-10-13-20-11-7-5-6-8-12(11)25-13/h10,18H,3-9H2,1-2H3,(H,21,24). The average Bonchev–Trinajstić information content (AvgIpc) is 3.02. The summed E-state index contributed by atoms with van der Waals surface area (Å²) in [5.74, 6) is 0.374. The van der Waals surface area contributed by atoms with E-state index >= 15 is 0 Å². The largest absolute Gasteiger partial charge is 0.370 e. The molecular weight excluding hydrogens is 338 g/mol. The first-order valence-electron chi connectivity index (χ1n) is 8.70. The van der Waals surface area contributed by atoms with E-state index in [-0.39, 0.29) is 5.69 Å². The van der Waals surface area contributed by atoms with Crippen molar-refractivity contribution in [2.24, 2.45) is 12.0 Å². The van der Waals surface area contributed by atoms with Crippen LogP contribution in [0.2, 0.25) is 0 Å². The van der Waals surface area contributed by atoms with Crippen molar-refractivity contribution in [3.63, 3.8) is 0 Å². The fraction of sp³-hybridized carbons (Fsp3) is 0.529. The summed E-state index contributed by atoms with van der Waals surface area (Å²) in [5.41, 5.74) is 0.507. The molecule has 0 atom stereocenters. The van der Waals surface area contributed by atoms with Gasteiger partial charge in [0.1, 0.15) is 10.8 Å². The molecule has 0 spiro atoms. The number of aromatic nitrogens is 3. The van der Waals surface area contributed by atoms with Gasteiger partial charge in [0.15, 0.2) is 5.69 Å². The number of thiazole rings is 1. The molecule has 0 fully saturated rings.